The molecule has 10 heteroatoms. The standard InChI is InChI=1S/C24H34FN7O2/c1-16(2)14-32(18-11-17(12-26-13-18)22-27-15-28-30-22)24(33)23-29-20-8-6-7-19(25)21(20)31(23)9-4-5-10-34-3/h6-8,15-18,26H,4-5,9-14H2,1-3H3,(H,27,28,30). The molecule has 3 heterocycles. The summed E-state index contributed by atoms with van der Waals surface area (Å²) in [5.74, 6) is 0.985. The van der Waals surface area contributed by atoms with E-state index >= 15 is 0 Å². The number of hydrogen-bond acceptors (Lipinski definition) is 6. The molecular weight excluding hydrogens is 437 g/mol. The van der Waals surface area contributed by atoms with Crippen LogP contribution >= 0.6 is 0 Å². The van der Waals surface area contributed by atoms with Crippen molar-refractivity contribution in [1.82, 2.24) is 34.9 Å². The predicted molar refractivity (Wildman–Crippen MR) is 127 cm³/mol. The molecule has 3 aromatic rings. The molecular formula is C24H34FN7O2. The average molecular weight is 472 g/mol. The summed E-state index contributed by atoms with van der Waals surface area (Å²) in [7, 11) is 1.66. The van der Waals surface area contributed by atoms with Gasteiger partial charge in [-0.05, 0) is 37.3 Å². The van der Waals surface area contributed by atoms with Crippen LogP contribution in [-0.2, 0) is 11.3 Å². The number of methoxy groups -OCH3 is 1. The van der Waals surface area contributed by atoms with Gasteiger partial charge in [-0.15, -0.1) is 0 Å². The third-order valence-corrected chi connectivity index (χ3v) is 6.30. The molecule has 2 N–H and O–H groups in total. The van der Waals surface area contributed by atoms with E-state index in [1.165, 1.54) is 12.4 Å². The van der Waals surface area contributed by atoms with Crippen molar-refractivity contribution in [1.29, 1.82) is 0 Å². The maximum absolute atomic E-state index is 14.8. The first-order valence-corrected chi connectivity index (χ1v) is 12.0. The van der Waals surface area contributed by atoms with Crippen LogP contribution in [0.3, 0.4) is 0 Å². The molecule has 4 rings (SSSR count). The lowest BCUT2D eigenvalue weighted by Crippen LogP contribution is -2.52. The number of carbonyl (C=O) groups excluding carboxylic acids is 1. The number of H-pyrrole nitrogens is 1. The van der Waals surface area contributed by atoms with Crippen LogP contribution in [0.1, 0.15) is 55.5 Å². The van der Waals surface area contributed by atoms with Crippen molar-refractivity contribution < 1.29 is 13.9 Å². The number of ether oxygens (including phenoxy) is 1. The van der Waals surface area contributed by atoms with Gasteiger partial charge in [0, 0.05) is 51.9 Å². The molecule has 184 valence electrons. The van der Waals surface area contributed by atoms with Crippen LogP contribution in [0.25, 0.3) is 11.0 Å². The molecule has 9 nitrogen and oxygen atoms in total. The Bertz CT molecular complexity index is 1080. The molecule has 0 spiro atoms. The first kappa shape index (κ1) is 24.3. The summed E-state index contributed by atoms with van der Waals surface area (Å²) in [6.45, 7) is 7.36. The van der Waals surface area contributed by atoms with Gasteiger partial charge in [-0.25, -0.2) is 14.4 Å². The fourth-order valence-corrected chi connectivity index (χ4v) is 4.74. The van der Waals surface area contributed by atoms with Crippen LogP contribution in [-0.4, -0.2) is 74.9 Å². The number of para-hydroxylation sites is 1. The number of hydrogen-bond donors (Lipinski definition) is 2. The maximum atomic E-state index is 14.8. The number of rotatable bonds is 10. The quantitative estimate of drug-likeness (QED) is 0.441. The Kier molecular flexibility index (Phi) is 7.89. The van der Waals surface area contributed by atoms with Crippen molar-refractivity contribution in [2.75, 3.05) is 33.4 Å². The topological polar surface area (TPSA) is 101 Å². The number of fused-ring (bicyclic) bond motifs is 1. The van der Waals surface area contributed by atoms with Gasteiger partial charge in [-0.2, -0.15) is 5.10 Å². The average Bonchev–Trinajstić information content (AvgIpc) is 3.49. The number of piperidine rings is 1. The molecule has 2 atom stereocenters. The molecule has 1 aromatic carbocycles. The number of imidazole rings is 1. The normalized spacial score (nSPS) is 18.6. The van der Waals surface area contributed by atoms with Gasteiger partial charge in [-0.1, -0.05) is 19.9 Å². The lowest BCUT2D eigenvalue weighted by atomic mass is 9.93. The van der Waals surface area contributed by atoms with E-state index in [0.717, 1.165) is 31.6 Å². The smallest absolute Gasteiger partial charge is 0.290 e. The van der Waals surface area contributed by atoms with Gasteiger partial charge in [0.05, 0.1) is 5.52 Å². The zero-order chi connectivity index (χ0) is 24.1. The van der Waals surface area contributed by atoms with Crippen LogP contribution in [0.4, 0.5) is 4.39 Å². The second-order valence-electron chi connectivity index (χ2n) is 9.36. The molecule has 1 saturated heterocycles. The summed E-state index contributed by atoms with van der Waals surface area (Å²) in [6, 6.07) is 4.77. The lowest BCUT2D eigenvalue weighted by Gasteiger charge is -2.38. The minimum Gasteiger partial charge on any atom is -0.385 e. The fraction of sp³-hybridized carbons (Fsp3) is 0.583. The number of aromatic nitrogens is 5. The molecule has 2 aromatic heterocycles. The monoisotopic (exact) mass is 471 g/mol. The van der Waals surface area contributed by atoms with E-state index in [4.69, 9.17) is 4.74 Å². The third kappa shape index (κ3) is 5.28. The highest BCUT2D eigenvalue weighted by molar-refractivity contribution is 5.95. The van der Waals surface area contributed by atoms with Crippen molar-refractivity contribution in [2.45, 2.75) is 51.6 Å². The molecule has 0 bridgehead atoms. The van der Waals surface area contributed by atoms with Crippen LogP contribution in [0.15, 0.2) is 24.5 Å². The minimum absolute atomic E-state index is 0.0367. The first-order valence-electron chi connectivity index (χ1n) is 12.0. The van der Waals surface area contributed by atoms with Crippen molar-refractivity contribution >= 4 is 16.9 Å². The highest BCUT2D eigenvalue weighted by Crippen LogP contribution is 2.27. The molecule has 0 radical (unpaired) electrons. The number of aromatic amines is 1. The molecule has 0 saturated carbocycles. The van der Waals surface area contributed by atoms with Gasteiger partial charge in [-0.3, -0.25) is 9.89 Å². The number of aryl methyl sites for hydroxylation is 1. The van der Waals surface area contributed by atoms with Crippen molar-refractivity contribution in [3.63, 3.8) is 0 Å². The molecule has 2 unspecified atom stereocenters. The third-order valence-electron chi connectivity index (χ3n) is 6.30. The second kappa shape index (κ2) is 11.1. The van der Waals surface area contributed by atoms with E-state index in [1.54, 1.807) is 23.8 Å². The first-order chi connectivity index (χ1) is 16.5. The summed E-state index contributed by atoms with van der Waals surface area (Å²) in [5, 5.41) is 10.4. The van der Waals surface area contributed by atoms with Crippen molar-refractivity contribution in [3.8, 4) is 0 Å². The maximum Gasteiger partial charge on any atom is 0.290 e. The SMILES string of the molecule is COCCCCn1c(C(=O)N(CC(C)C)C2CNCC(c3ncn[nH]3)C2)nc2cccc(F)c21. The molecule has 1 aliphatic rings. The fourth-order valence-electron chi connectivity index (χ4n) is 4.74. The largest absolute Gasteiger partial charge is 0.385 e. The van der Waals surface area contributed by atoms with E-state index in [9.17, 15) is 9.18 Å². The van der Waals surface area contributed by atoms with Gasteiger partial charge in [0.1, 0.15) is 23.5 Å². The Balaban J connectivity index is 1.66. The van der Waals surface area contributed by atoms with E-state index in [1.807, 2.05) is 4.90 Å². The Labute approximate surface area is 199 Å². The van der Waals surface area contributed by atoms with E-state index in [2.05, 4.69) is 39.3 Å². The minimum atomic E-state index is -0.365. The van der Waals surface area contributed by atoms with Gasteiger partial charge in [0.25, 0.3) is 5.91 Å². The van der Waals surface area contributed by atoms with Crippen molar-refractivity contribution in [3.05, 3.63) is 42.0 Å². The zero-order valence-corrected chi connectivity index (χ0v) is 20.1. The van der Waals surface area contributed by atoms with E-state index < -0.39 is 0 Å². The summed E-state index contributed by atoms with van der Waals surface area (Å²) in [5.41, 5.74) is 0.884. The molecule has 34 heavy (non-hydrogen) atoms. The number of nitrogens with zero attached hydrogens (tertiary/aromatic N) is 5. The van der Waals surface area contributed by atoms with Gasteiger partial charge < -0.3 is 19.5 Å². The zero-order valence-electron chi connectivity index (χ0n) is 20.1. The van der Waals surface area contributed by atoms with Crippen molar-refractivity contribution in [2.24, 2.45) is 5.92 Å². The number of amides is 1. The van der Waals surface area contributed by atoms with E-state index in [-0.39, 0.29) is 29.6 Å². The summed E-state index contributed by atoms with van der Waals surface area (Å²) in [6.07, 6.45) is 3.86. The van der Waals surface area contributed by atoms with Crippen LogP contribution < -0.4 is 5.32 Å². The Hall–Kier alpha value is -2.85. The molecule has 1 amide bonds. The number of benzene rings is 1. The van der Waals surface area contributed by atoms with Gasteiger partial charge >= 0.3 is 0 Å². The Morgan fingerprint density at radius 1 is 1.32 bits per heavy atom. The Morgan fingerprint density at radius 2 is 2.18 bits per heavy atom. The van der Waals surface area contributed by atoms with Crippen LogP contribution in [0, 0.1) is 11.7 Å². The molecule has 1 aliphatic heterocycles. The second-order valence-corrected chi connectivity index (χ2v) is 9.36. The highest BCUT2D eigenvalue weighted by atomic mass is 19.1. The van der Waals surface area contributed by atoms with Gasteiger partial charge in [0.15, 0.2) is 5.82 Å². The summed E-state index contributed by atoms with van der Waals surface area (Å²) in [4.78, 5) is 24.8. The number of unbranched alkanes of at least 4 members (excludes halogenated alkanes) is 1. The van der Waals surface area contributed by atoms with Crippen LogP contribution in [0.2, 0.25) is 0 Å². The number of nitrogens with one attached hydrogen (secondary N) is 2. The predicted octanol–water partition coefficient (Wildman–Crippen LogP) is 2.96. The van der Waals surface area contributed by atoms with Crippen LogP contribution in [0.5, 0.6) is 0 Å². The molecule has 1 fully saturated rings. The lowest BCUT2D eigenvalue weighted by molar-refractivity contribution is 0.0590. The molecule has 0 aliphatic carbocycles. The van der Waals surface area contributed by atoms with E-state index in [0.29, 0.717) is 43.1 Å². The Morgan fingerprint density at radius 3 is 2.91 bits per heavy atom. The summed E-state index contributed by atoms with van der Waals surface area (Å²) >= 11 is 0. The number of carbonyl (C=O) groups is 1. The highest BCUT2D eigenvalue weighted by Gasteiger charge is 2.34. The number of halogens is 1. The summed E-state index contributed by atoms with van der Waals surface area (Å²) < 4.78 is 21.7. The van der Waals surface area contributed by atoms with Gasteiger partial charge in [0.2, 0.25) is 0 Å².